The van der Waals surface area contributed by atoms with Crippen molar-refractivity contribution in [3.8, 4) is 0 Å². The summed E-state index contributed by atoms with van der Waals surface area (Å²) in [6.07, 6.45) is 1.15. The molecule has 0 bridgehead atoms. The van der Waals surface area contributed by atoms with E-state index in [0.717, 1.165) is 16.3 Å². The lowest BCUT2D eigenvalue weighted by Crippen LogP contribution is -2.34. The number of carbonyl (C=O) groups excluding carboxylic acids is 1. The van der Waals surface area contributed by atoms with Crippen LogP contribution in [0.2, 0.25) is 0 Å². The first-order valence-corrected chi connectivity index (χ1v) is 5.91. The van der Waals surface area contributed by atoms with E-state index >= 15 is 0 Å². The number of hydrogen-bond acceptors (Lipinski definition) is 4. The van der Waals surface area contributed by atoms with Gasteiger partial charge in [0.25, 0.3) is 5.56 Å². The summed E-state index contributed by atoms with van der Waals surface area (Å²) in [4.78, 5) is 36.4. The predicted octanol–water partition coefficient (Wildman–Crippen LogP) is 0.0659. The average Bonchev–Trinajstić information content (AvgIpc) is 2.39. The molecule has 1 heterocycles. The van der Waals surface area contributed by atoms with Crippen LogP contribution in [0.4, 0.5) is 11.4 Å². The summed E-state index contributed by atoms with van der Waals surface area (Å²) in [7, 11) is 0. The van der Waals surface area contributed by atoms with E-state index < -0.39 is 11.2 Å². The number of aryl methyl sites for hydroxylation is 1. The quantitative estimate of drug-likeness (QED) is 0.735. The lowest BCUT2D eigenvalue weighted by molar-refractivity contribution is -0.116. The zero-order valence-corrected chi connectivity index (χ0v) is 10.8. The lowest BCUT2D eigenvalue weighted by Gasteiger charge is -2.07. The first-order valence-electron chi connectivity index (χ1n) is 5.91. The molecule has 2 aromatic rings. The Morgan fingerprint density at radius 2 is 1.95 bits per heavy atom. The molecule has 0 saturated carbocycles. The van der Waals surface area contributed by atoms with Crippen LogP contribution < -0.4 is 22.3 Å². The summed E-state index contributed by atoms with van der Waals surface area (Å²) >= 11 is 0. The number of carbonyl (C=O) groups is 1. The molecule has 0 spiro atoms. The molecule has 0 fully saturated rings. The number of benzene rings is 1. The molecule has 104 valence electrons. The first kappa shape index (κ1) is 13.6. The predicted molar refractivity (Wildman–Crippen MR) is 75.5 cm³/mol. The molecular formula is C13H14N4O3. The van der Waals surface area contributed by atoms with Gasteiger partial charge in [0.1, 0.15) is 12.2 Å². The fourth-order valence-electron chi connectivity index (χ4n) is 1.64. The Bertz CT molecular complexity index is 743. The minimum atomic E-state index is -0.678. The van der Waals surface area contributed by atoms with E-state index in [4.69, 9.17) is 5.73 Å². The van der Waals surface area contributed by atoms with E-state index in [1.54, 1.807) is 12.1 Å². The van der Waals surface area contributed by atoms with Gasteiger partial charge in [0, 0.05) is 11.9 Å². The molecule has 7 heteroatoms. The van der Waals surface area contributed by atoms with Crippen LogP contribution in [0.1, 0.15) is 5.56 Å². The van der Waals surface area contributed by atoms with E-state index in [1.807, 2.05) is 24.0 Å². The Labute approximate surface area is 114 Å². The smallest absolute Gasteiger partial charge is 0.328 e. The fraction of sp³-hybridized carbons (Fsp3) is 0.154. The van der Waals surface area contributed by atoms with Crippen molar-refractivity contribution in [1.82, 2.24) is 9.55 Å². The maximum atomic E-state index is 11.8. The molecule has 1 aromatic carbocycles. The molecule has 0 unspecified atom stereocenters. The molecule has 0 aliphatic rings. The van der Waals surface area contributed by atoms with Gasteiger partial charge < -0.3 is 11.1 Å². The van der Waals surface area contributed by atoms with E-state index in [2.05, 4.69) is 5.32 Å². The number of nitrogen functional groups attached to an aromatic ring is 1. The number of nitrogens with two attached hydrogens (primary N) is 1. The number of nitrogens with zero attached hydrogens (tertiary/aromatic N) is 1. The number of H-pyrrole nitrogens is 1. The first-order chi connectivity index (χ1) is 9.45. The SMILES string of the molecule is Cc1ccc(NC(=O)Cn2cc(N)c(=O)[nH]c2=O)cc1. The molecular weight excluding hydrogens is 260 g/mol. The van der Waals surface area contributed by atoms with E-state index in [0.29, 0.717) is 5.69 Å². The number of aromatic nitrogens is 2. The van der Waals surface area contributed by atoms with Crippen molar-refractivity contribution in [3.63, 3.8) is 0 Å². The van der Waals surface area contributed by atoms with Crippen molar-refractivity contribution in [3.05, 3.63) is 56.9 Å². The monoisotopic (exact) mass is 274 g/mol. The second kappa shape index (κ2) is 5.43. The van der Waals surface area contributed by atoms with Crippen LogP contribution in [-0.4, -0.2) is 15.5 Å². The largest absolute Gasteiger partial charge is 0.393 e. The molecule has 7 nitrogen and oxygen atoms in total. The van der Waals surface area contributed by atoms with Crippen LogP contribution in [0.5, 0.6) is 0 Å². The standard InChI is InChI=1S/C13H14N4O3/c1-8-2-4-9(5-3-8)15-11(18)7-17-6-10(14)12(19)16-13(17)20/h2-6H,7,14H2,1H3,(H,15,18)(H,16,19,20). The molecule has 1 amide bonds. The summed E-state index contributed by atoms with van der Waals surface area (Å²) in [5, 5.41) is 2.65. The molecule has 0 atom stereocenters. The van der Waals surface area contributed by atoms with Crippen LogP contribution in [0.15, 0.2) is 40.1 Å². The zero-order chi connectivity index (χ0) is 14.7. The minimum Gasteiger partial charge on any atom is -0.393 e. The van der Waals surface area contributed by atoms with Gasteiger partial charge in [0.05, 0.1) is 0 Å². The second-order valence-corrected chi connectivity index (χ2v) is 4.39. The van der Waals surface area contributed by atoms with E-state index in [9.17, 15) is 14.4 Å². The highest BCUT2D eigenvalue weighted by Crippen LogP contribution is 2.08. The Hall–Kier alpha value is -2.83. The van der Waals surface area contributed by atoms with Crippen LogP contribution in [-0.2, 0) is 11.3 Å². The Kier molecular flexibility index (Phi) is 3.69. The van der Waals surface area contributed by atoms with Crippen molar-refractivity contribution >= 4 is 17.3 Å². The van der Waals surface area contributed by atoms with Gasteiger partial charge in [-0.05, 0) is 19.1 Å². The van der Waals surface area contributed by atoms with E-state index in [1.165, 1.54) is 0 Å². The second-order valence-electron chi connectivity index (χ2n) is 4.39. The molecule has 0 radical (unpaired) electrons. The number of hydrogen-bond donors (Lipinski definition) is 3. The van der Waals surface area contributed by atoms with E-state index in [-0.39, 0.29) is 18.1 Å². The van der Waals surface area contributed by atoms with Crippen molar-refractivity contribution in [2.45, 2.75) is 13.5 Å². The van der Waals surface area contributed by atoms with Gasteiger partial charge in [-0.3, -0.25) is 19.1 Å². The van der Waals surface area contributed by atoms with Gasteiger partial charge in [-0.25, -0.2) is 4.79 Å². The number of aromatic amines is 1. The summed E-state index contributed by atoms with van der Waals surface area (Å²) in [5.74, 6) is -0.387. The summed E-state index contributed by atoms with van der Waals surface area (Å²) in [5.41, 5.74) is 5.65. The maximum absolute atomic E-state index is 11.8. The molecule has 0 aliphatic carbocycles. The highest BCUT2D eigenvalue weighted by atomic mass is 16.2. The Morgan fingerprint density at radius 1 is 1.30 bits per heavy atom. The van der Waals surface area contributed by atoms with Crippen LogP contribution in [0, 0.1) is 6.92 Å². The molecule has 20 heavy (non-hydrogen) atoms. The number of nitrogens with one attached hydrogen (secondary N) is 2. The maximum Gasteiger partial charge on any atom is 0.328 e. The highest BCUT2D eigenvalue weighted by molar-refractivity contribution is 5.90. The Morgan fingerprint density at radius 3 is 2.60 bits per heavy atom. The van der Waals surface area contributed by atoms with Crippen molar-refractivity contribution in [1.29, 1.82) is 0 Å². The summed E-state index contributed by atoms with van der Waals surface area (Å²) in [6, 6.07) is 7.24. The Balaban J connectivity index is 2.12. The highest BCUT2D eigenvalue weighted by Gasteiger charge is 2.07. The molecule has 4 N–H and O–H groups in total. The van der Waals surface area contributed by atoms with Crippen molar-refractivity contribution in [2.24, 2.45) is 0 Å². The van der Waals surface area contributed by atoms with Gasteiger partial charge in [-0.15, -0.1) is 0 Å². The number of rotatable bonds is 3. The lowest BCUT2D eigenvalue weighted by atomic mass is 10.2. The van der Waals surface area contributed by atoms with Crippen LogP contribution >= 0.6 is 0 Å². The fourth-order valence-corrected chi connectivity index (χ4v) is 1.64. The minimum absolute atomic E-state index is 0.118. The topological polar surface area (TPSA) is 110 Å². The number of amides is 1. The van der Waals surface area contributed by atoms with Gasteiger partial charge in [-0.1, -0.05) is 17.7 Å². The van der Waals surface area contributed by atoms with Crippen LogP contribution in [0.25, 0.3) is 0 Å². The summed E-state index contributed by atoms with van der Waals surface area (Å²) < 4.78 is 1.04. The third-order valence-corrected chi connectivity index (χ3v) is 2.69. The van der Waals surface area contributed by atoms with Crippen molar-refractivity contribution < 1.29 is 4.79 Å². The average molecular weight is 274 g/mol. The normalized spacial score (nSPS) is 10.2. The summed E-state index contributed by atoms with van der Waals surface area (Å²) in [6.45, 7) is 1.71. The molecule has 1 aromatic heterocycles. The van der Waals surface area contributed by atoms with Gasteiger partial charge >= 0.3 is 5.69 Å². The van der Waals surface area contributed by atoms with Gasteiger partial charge in [0.2, 0.25) is 5.91 Å². The van der Waals surface area contributed by atoms with Gasteiger partial charge in [-0.2, -0.15) is 0 Å². The number of anilines is 2. The van der Waals surface area contributed by atoms with Gasteiger partial charge in [0.15, 0.2) is 0 Å². The molecule has 0 saturated heterocycles. The molecule has 0 aliphatic heterocycles. The third-order valence-electron chi connectivity index (χ3n) is 2.69. The zero-order valence-electron chi connectivity index (χ0n) is 10.8. The molecule has 2 rings (SSSR count). The third kappa shape index (κ3) is 3.14. The van der Waals surface area contributed by atoms with Crippen molar-refractivity contribution in [2.75, 3.05) is 11.1 Å². The van der Waals surface area contributed by atoms with Crippen LogP contribution in [0.3, 0.4) is 0 Å².